The van der Waals surface area contributed by atoms with E-state index in [0.29, 0.717) is 19.0 Å². The summed E-state index contributed by atoms with van der Waals surface area (Å²) in [6.45, 7) is 11.5. The lowest BCUT2D eigenvalue weighted by Crippen LogP contribution is -2.50. The Morgan fingerprint density at radius 1 is 1.00 bits per heavy atom. The van der Waals surface area contributed by atoms with Crippen LogP contribution in [0.4, 0.5) is 5.69 Å². The van der Waals surface area contributed by atoms with Crippen LogP contribution in [0.3, 0.4) is 0 Å². The first kappa shape index (κ1) is 20.4. The fraction of sp³-hybridized carbons (Fsp3) is 0.458. The molecule has 0 bridgehead atoms. The van der Waals surface area contributed by atoms with Gasteiger partial charge in [-0.25, -0.2) is 0 Å². The Morgan fingerprint density at radius 2 is 1.71 bits per heavy atom. The average Bonchev–Trinajstić information content (AvgIpc) is 2.72. The second kappa shape index (κ2) is 9.74. The van der Waals surface area contributed by atoms with Crippen LogP contribution in [0.5, 0.6) is 0 Å². The summed E-state index contributed by atoms with van der Waals surface area (Å²) in [4.78, 5) is 17.2. The number of rotatable bonds is 7. The van der Waals surface area contributed by atoms with Gasteiger partial charge in [-0.2, -0.15) is 0 Å². The number of piperazine rings is 1. The van der Waals surface area contributed by atoms with E-state index in [1.807, 2.05) is 6.07 Å². The highest BCUT2D eigenvalue weighted by molar-refractivity contribution is 5.78. The van der Waals surface area contributed by atoms with Gasteiger partial charge < -0.3 is 10.2 Å². The van der Waals surface area contributed by atoms with Gasteiger partial charge in [-0.1, -0.05) is 49.4 Å². The standard InChI is InChI=1S/C24H33N3O/c1-4-21(22-10-6-5-7-11-22)17-25-24(28)18-26-13-15-27(16-14-26)23-12-8-9-19(2)20(23)3/h5-12,21H,4,13-18H2,1-3H3,(H,25,28)/t21-/m0/s1. The molecule has 0 aromatic heterocycles. The third-order valence-corrected chi connectivity index (χ3v) is 5.97. The van der Waals surface area contributed by atoms with Gasteiger partial charge in [0.1, 0.15) is 0 Å². The normalized spacial score (nSPS) is 16.0. The molecule has 1 aliphatic rings. The van der Waals surface area contributed by atoms with Crippen molar-refractivity contribution < 1.29 is 4.79 Å². The molecule has 1 atom stereocenters. The zero-order chi connectivity index (χ0) is 19.9. The Bertz CT molecular complexity index is 767. The highest BCUT2D eigenvalue weighted by Gasteiger charge is 2.21. The van der Waals surface area contributed by atoms with Crippen LogP contribution in [0.2, 0.25) is 0 Å². The molecule has 4 heteroatoms. The maximum Gasteiger partial charge on any atom is 0.234 e. The first-order chi connectivity index (χ1) is 13.6. The van der Waals surface area contributed by atoms with Gasteiger partial charge in [0.2, 0.25) is 5.91 Å². The number of carbonyl (C=O) groups is 1. The summed E-state index contributed by atoms with van der Waals surface area (Å²) in [6, 6.07) is 17.0. The smallest absolute Gasteiger partial charge is 0.234 e. The highest BCUT2D eigenvalue weighted by atomic mass is 16.2. The van der Waals surface area contributed by atoms with E-state index >= 15 is 0 Å². The van der Waals surface area contributed by atoms with E-state index < -0.39 is 0 Å². The van der Waals surface area contributed by atoms with E-state index in [1.165, 1.54) is 22.4 Å². The quantitative estimate of drug-likeness (QED) is 0.796. The minimum atomic E-state index is 0.134. The van der Waals surface area contributed by atoms with Crippen LogP contribution in [0.15, 0.2) is 48.5 Å². The molecule has 3 rings (SSSR count). The van der Waals surface area contributed by atoms with Crippen LogP contribution in [-0.4, -0.2) is 50.1 Å². The summed E-state index contributed by atoms with van der Waals surface area (Å²) >= 11 is 0. The molecular formula is C24H33N3O. The molecule has 1 saturated heterocycles. The van der Waals surface area contributed by atoms with Crippen LogP contribution < -0.4 is 10.2 Å². The number of nitrogens with zero attached hydrogens (tertiary/aromatic N) is 2. The van der Waals surface area contributed by atoms with Crippen molar-refractivity contribution in [3.63, 3.8) is 0 Å². The van der Waals surface area contributed by atoms with Gasteiger partial charge in [-0.15, -0.1) is 0 Å². The molecule has 1 amide bonds. The Labute approximate surface area is 169 Å². The topological polar surface area (TPSA) is 35.6 Å². The molecule has 1 aliphatic heterocycles. The van der Waals surface area contributed by atoms with E-state index in [4.69, 9.17) is 0 Å². The molecule has 0 unspecified atom stereocenters. The summed E-state index contributed by atoms with van der Waals surface area (Å²) < 4.78 is 0. The van der Waals surface area contributed by atoms with Gasteiger partial charge in [0.05, 0.1) is 6.54 Å². The van der Waals surface area contributed by atoms with Crippen molar-refractivity contribution in [3.8, 4) is 0 Å². The van der Waals surface area contributed by atoms with Gasteiger partial charge in [0.15, 0.2) is 0 Å². The number of hydrogen-bond acceptors (Lipinski definition) is 3. The fourth-order valence-corrected chi connectivity index (χ4v) is 3.94. The van der Waals surface area contributed by atoms with Gasteiger partial charge in [0.25, 0.3) is 0 Å². The molecule has 1 heterocycles. The van der Waals surface area contributed by atoms with Gasteiger partial charge in [-0.3, -0.25) is 9.69 Å². The predicted molar refractivity (Wildman–Crippen MR) is 117 cm³/mol. The lowest BCUT2D eigenvalue weighted by Gasteiger charge is -2.36. The lowest BCUT2D eigenvalue weighted by molar-refractivity contribution is -0.122. The van der Waals surface area contributed by atoms with E-state index in [2.05, 4.69) is 78.4 Å². The number of nitrogens with one attached hydrogen (secondary N) is 1. The van der Waals surface area contributed by atoms with Gasteiger partial charge in [0, 0.05) is 44.3 Å². The van der Waals surface area contributed by atoms with Crippen molar-refractivity contribution in [1.29, 1.82) is 0 Å². The third kappa shape index (κ3) is 5.14. The summed E-state index contributed by atoms with van der Waals surface area (Å²) in [5.41, 5.74) is 5.33. The molecule has 2 aromatic carbocycles. The molecule has 2 aromatic rings. The molecule has 28 heavy (non-hydrogen) atoms. The van der Waals surface area contributed by atoms with Crippen LogP contribution in [-0.2, 0) is 4.79 Å². The summed E-state index contributed by atoms with van der Waals surface area (Å²) in [7, 11) is 0. The first-order valence-corrected chi connectivity index (χ1v) is 10.4. The summed E-state index contributed by atoms with van der Waals surface area (Å²) in [6.07, 6.45) is 1.03. The maximum atomic E-state index is 12.4. The van der Waals surface area contributed by atoms with Crippen LogP contribution in [0.25, 0.3) is 0 Å². The number of aryl methyl sites for hydroxylation is 1. The van der Waals surface area contributed by atoms with Crippen LogP contribution >= 0.6 is 0 Å². The molecule has 0 aliphatic carbocycles. The second-order valence-corrected chi connectivity index (χ2v) is 7.80. The maximum absolute atomic E-state index is 12.4. The molecule has 0 saturated carbocycles. The van der Waals surface area contributed by atoms with Crippen molar-refractivity contribution in [3.05, 3.63) is 65.2 Å². The van der Waals surface area contributed by atoms with E-state index in [1.54, 1.807) is 0 Å². The summed E-state index contributed by atoms with van der Waals surface area (Å²) in [5, 5.41) is 3.14. The largest absolute Gasteiger partial charge is 0.369 e. The number of carbonyl (C=O) groups excluding carboxylic acids is 1. The lowest BCUT2D eigenvalue weighted by atomic mass is 9.96. The van der Waals surface area contributed by atoms with Crippen LogP contribution in [0, 0.1) is 13.8 Å². The Morgan fingerprint density at radius 3 is 2.39 bits per heavy atom. The SMILES string of the molecule is CC[C@@H](CNC(=O)CN1CCN(c2cccc(C)c2C)CC1)c1ccccc1. The third-order valence-electron chi connectivity index (χ3n) is 5.97. The van der Waals surface area contributed by atoms with E-state index in [-0.39, 0.29) is 5.91 Å². The van der Waals surface area contributed by atoms with Crippen molar-refractivity contribution in [1.82, 2.24) is 10.2 Å². The fourth-order valence-electron chi connectivity index (χ4n) is 3.94. The molecule has 150 valence electrons. The summed E-state index contributed by atoms with van der Waals surface area (Å²) in [5.74, 6) is 0.515. The molecule has 0 spiro atoms. The molecule has 1 N–H and O–H groups in total. The molecule has 4 nitrogen and oxygen atoms in total. The molecule has 1 fully saturated rings. The minimum absolute atomic E-state index is 0.134. The minimum Gasteiger partial charge on any atom is -0.369 e. The number of hydrogen-bond donors (Lipinski definition) is 1. The van der Waals surface area contributed by atoms with Gasteiger partial charge >= 0.3 is 0 Å². The zero-order valence-corrected chi connectivity index (χ0v) is 17.4. The second-order valence-electron chi connectivity index (χ2n) is 7.80. The Hall–Kier alpha value is -2.33. The van der Waals surface area contributed by atoms with E-state index in [0.717, 1.165) is 32.6 Å². The highest BCUT2D eigenvalue weighted by Crippen LogP contribution is 2.23. The van der Waals surface area contributed by atoms with E-state index in [9.17, 15) is 4.79 Å². The van der Waals surface area contributed by atoms with Crippen molar-refractivity contribution >= 4 is 11.6 Å². The van der Waals surface area contributed by atoms with Crippen molar-refractivity contribution in [2.75, 3.05) is 44.2 Å². The van der Waals surface area contributed by atoms with Crippen molar-refractivity contribution in [2.45, 2.75) is 33.1 Å². The molecule has 0 radical (unpaired) electrons. The van der Waals surface area contributed by atoms with Crippen molar-refractivity contribution in [2.24, 2.45) is 0 Å². The first-order valence-electron chi connectivity index (χ1n) is 10.4. The number of benzene rings is 2. The predicted octanol–water partition coefficient (Wildman–Crippen LogP) is 3.74. The number of amides is 1. The van der Waals surface area contributed by atoms with Gasteiger partial charge in [-0.05, 0) is 43.0 Å². The monoisotopic (exact) mass is 379 g/mol. The zero-order valence-electron chi connectivity index (χ0n) is 17.4. The average molecular weight is 380 g/mol. The number of anilines is 1. The Kier molecular flexibility index (Phi) is 7.10. The Balaban J connectivity index is 1.45. The molecular weight excluding hydrogens is 346 g/mol. The van der Waals surface area contributed by atoms with Crippen LogP contribution in [0.1, 0.15) is 36.0 Å².